The molecule has 1 aromatic rings. The van der Waals surface area contributed by atoms with E-state index in [1.165, 1.54) is 0 Å². The van der Waals surface area contributed by atoms with Gasteiger partial charge < -0.3 is 15.7 Å². The standard InChI is InChI=1S/C14H19BrN2O3/c15-12-7-3-2-6-11(12)14(20)17-10-13(19)16-8-4-1-5-9-18/h2-3,6-7,18H,1,4-5,8-10H2,(H,16,19)(H,17,20). The Labute approximate surface area is 126 Å². The topological polar surface area (TPSA) is 78.4 Å². The molecule has 20 heavy (non-hydrogen) atoms. The van der Waals surface area contributed by atoms with E-state index < -0.39 is 0 Å². The number of halogens is 1. The van der Waals surface area contributed by atoms with Crippen LogP contribution in [-0.4, -0.2) is 36.6 Å². The number of hydrogen-bond acceptors (Lipinski definition) is 3. The number of carbonyl (C=O) groups excluding carboxylic acids is 2. The van der Waals surface area contributed by atoms with Gasteiger partial charge in [-0.3, -0.25) is 9.59 Å². The molecule has 3 N–H and O–H groups in total. The Bertz CT molecular complexity index is 452. The quantitative estimate of drug-likeness (QED) is 0.626. The summed E-state index contributed by atoms with van der Waals surface area (Å²) in [5, 5.41) is 13.9. The predicted molar refractivity (Wildman–Crippen MR) is 80.4 cm³/mol. The van der Waals surface area contributed by atoms with E-state index in [4.69, 9.17) is 5.11 Å². The Kier molecular flexibility index (Phi) is 7.91. The molecule has 6 heteroatoms. The lowest BCUT2D eigenvalue weighted by atomic mass is 10.2. The van der Waals surface area contributed by atoms with Crippen molar-refractivity contribution in [3.63, 3.8) is 0 Å². The molecule has 0 aliphatic carbocycles. The molecule has 0 unspecified atom stereocenters. The predicted octanol–water partition coefficient (Wildman–Crippen LogP) is 1.46. The van der Waals surface area contributed by atoms with Gasteiger partial charge in [-0.25, -0.2) is 0 Å². The molecule has 110 valence electrons. The first-order valence-corrected chi connectivity index (χ1v) is 7.34. The summed E-state index contributed by atoms with van der Waals surface area (Å²) in [6.07, 6.45) is 2.44. The summed E-state index contributed by atoms with van der Waals surface area (Å²) in [5.41, 5.74) is 0.503. The number of aliphatic hydroxyl groups excluding tert-OH is 1. The van der Waals surface area contributed by atoms with Gasteiger partial charge in [-0.05, 0) is 47.3 Å². The minimum Gasteiger partial charge on any atom is -0.396 e. The van der Waals surface area contributed by atoms with Crippen molar-refractivity contribution in [2.24, 2.45) is 0 Å². The maximum absolute atomic E-state index is 11.8. The zero-order valence-electron chi connectivity index (χ0n) is 11.2. The van der Waals surface area contributed by atoms with Crippen LogP contribution in [0.1, 0.15) is 29.6 Å². The number of rotatable bonds is 8. The zero-order chi connectivity index (χ0) is 14.8. The smallest absolute Gasteiger partial charge is 0.252 e. The fourth-order valence-electron chi connectivity index (χ4n) is 1.61. The summed E-state index contributed by atoms with van der Waals surface area (Å²) in [6, 6.07) is 7.04. The molecule has 1 aromatic carbocycles. The Morgan fingerprint density at radius 2 is 1.85 bits per heavy atom. The van der Waals surface area contributed by atoms with Gasteiger partial charge in [-0.15, -0.1) is 0 Å². The number of benzene rings is 1. The number of unbranched alkanes of at least 4 members (excludes halogenated alkanes) is 2. The second-order valence-electron chi connectivity index (χ2n) is 4.30. The molecule has 0 spiro atoms. The highest BCUT2D eigenvalue weighted by molar-refractivity contribution is 9.10. The van der Waals surface area contributed by atoms with Gasteiger partial charge in [-0.1, -0.05) is 12.1 Å². The summed E-state index contributed by atoms with van der Waals surface area (Å²) in [5.74, 6) is -0.498. The highest BCUT2D eigenvalue weighted by Gasteiger charge is 2.10. The second kappa shape index (κ2) is 9.50. The second-order valence-corrected chi connectivity index (χ2v) is 5.15. The van der Waals surface area contributed by atoms with Crippen LogP contribution in [0, 0.1) is 0 Å². The van der Waals surface area contributed by atoms with Crippen molar-refractivity contribution in [3.05, 3.63) is 34.3 Å². The van der Waals surface area contributed by atoms with Gasteiger partial charge >= 0.3 is 0 Å². The fraction of sp³-hybridized carbons (Fsp3) is 0.429. The van der Waals surface area contributed by atoms with Gasteiger partial charge in [-0.2, -0.15) is 0 Å². The molecule has 0 saturated heterocycles. The van der Waals surface area contributed by atoms with E-state index in [9.17, 15) is 9.59 Å². The average molecular weight is 343 g/mol. The Morgan fingerprint density at radius 3 is 2.55 bits per heavy atom. The van der Waals surface area contributed by atoms with Gasteiger partial charge in [0.25, 0.3) is 5.91 Å². The summed E-state index contributed by atoms with van der Waals surface area (Å²) < 4.78 is 0.696. The third-order valence-electron chi connectivity index (χ3n) is 2.69. The number of carbonyl (C=O) groups is 2. The van der Waals surface area contributed by atoms with Crippen molar-refractivity contribution in [2.75, 3.05) is 19.7 Å². The van der Waals surface area contributed by atoms with Crippen molar-refractivity contribution < 1.29 is 14.7 Å². The van der Waals surface area contributed by atoms with Crippen molar-refractivity contribution in [3.8, 4) is 0 Å². The first kappa shape index (κ1) is 16.7. The molecule has 1 rings (SSSR count). The van der Waals surface area contributed by atoms with Crippen molar-refractivity contribution in [1.82, 2.24) is 10.6 Å². The average Bonchev–Trinajstić information content (AvgIpc) is 2.45. The van der Waals surface area contributed by atoms with Crippen molar-refractivity contribution in [2.45, 2.75) is 19.3 Å². The number of nitrogens with one attached hydrogen (secondary N) is 2. The maximum Gasteiger partial charge on any atom is 0.252 e. The largest absolute Gasteiger partial charge is 0.396 e. The molecule has 0 aliphatic rings. The molecule has 0 bridgehead atoms. The first-order chi connectivity index (χ1) is 9.65. The van der Waals surface area contributed by atoms with E-state index >= 15 is 0 Å². The van der Waals surface area contributed by atoms with Gasteiger partial charge in [0, 0.05) is 17.6 Å². The summed E-state index contributed by atoms with van der Waals surface area (Å²) in [7, 11) is 0. The molecule has 5 nitrogen and oxygen atoms in total. The molecule has 0 saturated carbocycles. The molecule has 0 atom stereocenters. The van der Waals surface area contributed by atoms with Crippen LogP contribution in [0.3, 0.4) is 0 Å². The van der Waals surface area contributed by atoms with E-state index in [1.54, 1.807) is 18.2 Å². The SMILES string of the molecule is O=C(CNC(=O)c1ccccc1Br)NCCCCCO. The van der Waals surface area contributed by atoms with Crippen LogP contribution in [0.5, 0.6) is 0 Å². The monoisotopic (exact) mass is 342 g/mol. The molecule has 0 radical (unpaired) electrons. The lowest BCUT2D eigenvalue weighted by molar-refractivity contribution is -0.120. The molecule has 0 aromatic heterocycles. The normalized spacial score (nSPS) is 10.1. The fourth-order valence-corrected chi connectivity index (χ4v) is 2.07. The van der Waals surface area contributed by atoms with E-state index in [0.717, 1.165) is 19.3 Å². The minimum absolute atomic E-state index is 0.0415. The summed E-state index contributed by atoms with van der Waals surface area (Å²) in [6.45, 7) is 0.694. The van der Waals surface area contributed by atoms with Crippen LogP contribution in [-0.2, 0) is 4.79 Å². The molecular formula is C14H19BrN2O3. The number of amides is 2. The Hall–Kier alpha value is -1.40. The highest BCUT2D eigenvalue weighted by Crippen LogP contribution is 2.15. The van der Waals surface area contributed by atoms with E-state index in [1.807, 2.05) is 6.07 Å². The molecule has 0 aliphatic heterocycles. The molecule has 0 fully saturated rings. The Morgan fingerprint density at radius 1 is 1.10 bits per heavy atom. The van der Waals surface area contributed by atoms with E-state index in [2.05, 4.69) is 26.6 Å². The zero-order valence-corrected chi connectivity index (χ0v) is 12.8. The molecule has 2 amide bonds. The van der Waals surface area contributed by atoms with E-state index in [-0.39, 0.29) is 25.0 Å². The highest BCUT2D eigenvalue weighted by atomic mass is 79.9. The summed E-state index contributed by atoms with van der Waals surface area (Å²) in [4.78, 5) is 23.3. The lowest BCUT2D eigenvalue weighted by Gasteiger charge is -2.07. The van der Waals surface area contributed by atoms with Crippen LogP contribution in [0.15, 0.2) is 28.7 Å². The lowest BCUT2D eigenvalue weighted by Crippen LogP contribution is -2.37. The van der Waals surface area contributed by atoms with Gasteiger partial charge in [0.15, 0.2) is 0 Å². The Balaban J connectivity index is 2.24. The van der Waals surface area contributed by atoms with Gasteiger partial charge in [0.05, 0.1) is 12.1 Å². The van der Waals surface area contributed by atoms with Crippen LogP contribution in [0.2, 0.25) is 0 Å². The number of aliphatic hydroxyl groups is 1. The van der Waals surface area contributed by atoms with Crippen molar-refractivity contribution >= 4 is 27.7 Å². The molecule has 0 heterocycles. The van der Waals surface area contributed by atoms with Gasteiger partial charge in [0.1, 0.15) is 0 Å². The third-order valence-corrected chi connectivity index (χ3v) is 3.38. The van der Waals surface area contributed by atoms with Crippen LogP contribution < -0.4 is 10.6 Å². The third kappa shape index (κ3) is 6.16. The first-order valence-electron chi connectivity index (χ1n) is 6.55. The number of hydrogen-bond donors (Lipinski definition) is 3. The molecular weight excluding hydrogens is 324 g/mol. The van der Waals surface area contributed by atoms with Crippen LogP contribution >= 0.6 is 15.9 Å². The van der Waals surface area contributed by atoms with Crippen molar-refractivity contribution in [1.29, 1.82) is 0 Å². The van der Waals surface area contributed by atoms with E-state index in [0.29, 0.717) is 16.6 Å². The maximum atomic E-state index is 11.8. The summed E-state index contributed by atoms with van der Waals surface area (Å²) >= 11 is 3.29. The van der Waals surface area contributed by atoms with Crippen LogP contribution in [0.25, 0.3) is 0 Å². The van der Waals surface area contributed by atoms with Crippen LogP contribution in [0.4, 0.5) is 0 Å². The minimum atomic E-state index is -0.284. The van der Waals surface area contributed by atoms with Gasteiger partial charge in [0.2, 0.25) is 5.91 Å².